The number of ether oxygens (including phenoxy) is 1. The van der Waals surface area contributed by atoms with E-state index in [0.717, 1.165) is 15.8 Å². The van der Waals surface area contributed by atoms with Crippen molar-refractivity contribution in [3.8, 4) is 0 Å². The van der Waals surface area contributed by atoms with Gasteiger partial charge in [-0.25, -0.2) is 13.4 Å². The van der Waals surface area contributed by atoms with E-state index in [0.29, 0.717) is 48.6 Å². The molecule has 1 aliphatic heterocycles. The number of fused-ring (bicyclic) bond motifs is 1. The lowest BCUT2D eigenvalue weighted by atomic mass is 10.1. The van der Waals surface area contributed by atoms with Crippen LogP contribution in [-0.2, 0) is 21.3 Å². The largest absolute Gasteiger partial charge is 0.379 e. The molecule has 35 heavy (non-hydrogen) atoms. The van der Waals surface area contributed by atoms with Crippen LogP contribution in [0.15, 0.2) is 77.7 Å². The molecule has 0 saturated carbocycles. The smallest absolute Gasteiger partial charge is 0.260 e. The molecule has 5 rings (SSSR count). The zero-order valence-electron chi connectivity index (χ0n) is 18.6. The van der Waals surface area contributed by atoms with E-state index < -0.39 is 10.0 Å². The summed E-state index contributed by atoms with van der Waals surface area (Å²) in [5, 5.41) is 1.15. The molecule has 1 saturated heterocycles. The Morgan fingerprint density at radius 2 is 1.74 bits per heavy atom. The van der Waals surface area contributed by atoms with Crippen LogP contribution in [0.5, 0.6) is 0 Å². The molecule has 0 N–H and O–H groups in total. The molecule has 10 heteroatoms. The van der Waals surface area contributed by atoms with Crippen LogP contribution < -0.4 is 4.90 Å². The summed E-state index contributed by atoms with van der Waals surface area (Å²) in [6.07, 6.45) is 0. The van der Waals surface area contributed by atoms with Gasteiger partial charge in [0, 0.05) is 23.7 Å². The summed E-state index contributed by atoms with van der Waals surface area (Å²) in [6.45, 7) is 1.70. The number of hydrogen-bond acceptors (Lipinski definition) is 6. The van der Waals surface area contributed by atoms with Crippen LogP contribution in [0.3, 0.4) is 0 Å². The lowest BCUT2D eigenvalue weighted by Crippen LogP contribution is -2.40. The predicted octanol–water partition coefficient (Wildman–Crippen LogP) is 4.82. The first-order chi connectivity index (χ1) is 16.9. The highest BCUT2D eigenvalue weighted by Gasteiger charge is 2.27. The highest BCUT2D eigenvalue weighted by Crippen LogP contribution is 2.32. The maximum Gasteiger partial charge on any atom is 0.260 e. The van der Waals surface area contributed by atoms with Crippen molar-refractivity contribution in [2.75, 3.05) is 31.2 Å². The van der Waals surface area contributed by atoms with Crippen LogP contribution in [-0.4, -0.2) is 49.9 Å². The number of amides is 1. The Balaban J connectivity index is 1.47. The highest BCUT2D eigenvalue weighted by atomic mass is 35.5. The number of rotatable bonds is 6. The molecule has 1 aliphatic rings. The number of sulfonamides is 1. The second-order valence-corrected chi connectivity index (χ2v) is 11.4. The number of morpholine rings is 1. The second kappa shape index (κ2) is 10.0. The molecular weight excluding hydrogens is 506 g/mol. The Kier molecular flexibility index (Phi) is 6.86. The van der Waals surface area contributed by atoms with E-state index in [9.17, 15) is 13.2 Å². The molecule has 1 aromatic heterocycles. The van der Waals surface area contributed by atoms with Gasteiger partial charge < -0.3 is 4.74 Å². The van der Waals surface area contributed by atoms with Gasteiger partial charge in [-0.2, -0.15) is 4.31 Å². The summed E-state index contributed by atoms with van der Waals surface area (Å²) in [4.78, 5) is 20.1. The minimum Gasteiger partial charge on any atom is -0.379 e. The lowest BCUT2D eigenvalue weighted by molar-refractivity contribution is 0.0730. The van der Waals surface area contributed by atoms with E-state index in [1.165, 1.54) is 27.8 Å². The molecule has 7 nitrogen and oxygen atoms in total. The first kappa shape index (κ1) is 23.9. The number of carbonyl (C=O) groups excluding carboxylic acids is 1. The summed E-state index contributed by atoms with van der Waals surface area (Å²) >= 11 is 7.53. The van der Waals surface area contributed by atoms with Crippen LogP contribution in [0.25, 0.3) is 10.2 Å². The summed E-state index contributed by atoms with van der Waals surface area (Å²) in [7, 11) is -3.64. The first-order valence-electron chi connectivity index (χ1n) is 11.0. The molecule has 0 atom stereocenters. The third-order valence-corrected chi connectivity index (χ3v) is 8.90. The Morgan fingerprint density at radius 1 is 1.03 bits per heavy atom. The fraction of sp³-hybridized carbons (Fsp3) is 0.200. The summed E-state index contributed by atoms with van der Waals surface area (Å²) in [5.74, 6) is -0.269. The van der Waals surface area contributed by atoms with Crippen molar-refractivity contribution in [2.45, 2.75) is 11.4 Å². The molecule has 0 radical (unpaired) electrons. The Hall–Kier alpha value is -2.82. The van der Waals surface area contributed by atoms with Crippen molar-refractivity contribution >= 4 is 54.2 Å². The van der Waals surface area contributed by atoms with E-state index >= 15 is 0 Å². The standard InChI is InChI=1S/C25H22ClN3O4S2/c26-20-8-11-22-23(16-20)34-25(27-22)29(17-18-4-2-1-3-5-18)24(30)19-6-9-21(10-7-19)35(31,32)28-12-14-33-15-13-28/h1-11,16H,12-15,17H2. The average Bonchev–Trinajstić information content (AvgIpc) is 3.31. The zero-order valence-corrected chi connectivity index (χ0v) is 21.0. The third-order valence-electron chi connectivity index (χ3n) is 5.71. The second-order valence-electron chi connectivity index (χ2n) is 8.03. The normalized spacial score (nSPS) is 14.8. The van der Waals surface area contributed by atoms with Gasteiger partial charge in [-0.15, -0.1) is 0 Å². The minimum atomic E-state index is -3.64. The predicted molar refractivity (Wildman–Crippen MR) is 138 cm³/mol. The van der Waals surface area contributed by atoms with E-state index in [-0.39, 0.29) is 10.8 Å². The molecule has 1 fully saturated rings. The van der Waals surface area contributed by atoms with Gasteiger partial charge in [0.2, 0.25) is 10.0 Å². The fourth-order valence-corrected chi connectivity index (χ4v) is 6.50. The van der Waals surface area contributed by atoms with E-state index in [4.69, 9.17) is 16.3 Å². The summed E-state index contributed by atoms with van der Waals surface area (Å²) in [6, 6.07) is 21.1. The van der Waals surface area contributed by atoms with Crippen LogP contribution in [0.4, 0.5) is 5.13 Å². The maximum atomic E-state index is 13.6. The molecule has 0 bridgehead atoms. The topological polar surface area (TPSA) is 79.8 Å². The van der Waals surface area contributed by atoms with Gasteiger partial charge in [0.15, 0.2) is 5.13 Å². The van der Waals surface area contributed by atoms with Crippen molar-refractivity contribution in [1.82, 2.24) is 9.29 Å². The van der Waals surface area contributed by atoms with Gasteiger partial charge in [0.25, 0.3) is 5.91 Å². The minimum absolute atomic E-state index is 0.153. The van der Waals surface area contributed by atoms with Crippen LogP contribution in [0.2, 0.25) is 5.02 Å². The fourth-order valence-electron chi connectivity index (χ4n) is 3.86. The number of carbonyl (C=O) groups is 1. The molecular formula is C25H22ClN3O4S2. The quantitative estimate of drug-likeness (QED) is 0.359. The molecule has 3 aromatic carbocycles. The molecule has 1 amide bonds. The Labute approximate surface area is 212 Å². The lowest BCUT2D eigenvalue weighted by Gasteiger charge is -2.26. The Morgan fingerprint density at radius 3 is 2.46 bits per heavy atom. The zero-order chi connectivity index (χ0) is 24.4. The first-order valence-corrected chi connectivity index (χ1v) is 13.7. The van der Waals surface area contributed by atoms with Crippen molar-refractivity contribution in [3.05, 3.63) is 88.9 Å². The molecule has 0 unspecified atom stereocenters. The number of hydrogen-bond donors (Lipinski definition) is 0. The SMILES string of the molecule is O=C(c1ccc(S(=O)(=O)N2CCOCC2)cc1)N(Cc1ccccc1)c1nc2ccc(Cl)cc2s1. The number of aromatic nitrogens is 1. The summed E-state index contributed by atoms with van der Waals surface area (Å²) < 4.78 is 33.4. The van der Waals surface area contributed by atoms with E-state index in [1.807, 2.05) is 42.5 Å². The van der Waals surface area contributed by atoms with E-state index in [1.54, 1.807) is 23.1 Å². The maximum absolute atomic E-state index is 13.6. The number of nitrogens with zero attached hydrogens (tertiary/aromatic N) is 3. The molecule has 2 heterocycles. The van der Waals surface area contributed by atoms with Crippen LogP contribution in [0, 0.1) is 0 Å². The van der Waals surface area contributed by atoms with Crippen LogP contribution >= 0.6 is 22.9 Å². The van der Waals surface area contributed by atoms with Gasteiger partial charge >= 0.3 is 0 Å². The molecule has 0 spiro atoms. The van der Waals surface area contributed by atoms with E-state index in [2.05, 4.69) is 4.98 Å². The highest BCUT2D eigenvalue weighted by molar-refractivity contribution is 7.89. The molecule has 4 aromatic rings. The van der Waals surface area contributed by atoms with Crippen molar-refractivity contribution in [3.63, 3.8) is 0 Å². The van der Waals surface area contributed by atoms with Crippen molar-refractivity contribution < 1.29 is 17.9 Å². The van der Waals surface area contributed by atoms with Gasteiger partial charge in [-0.3, -0.25) is 9.69 Å². The molecule has 0 aliphatic carbocycles. The monoisotopic (exact) mass is 527 g/mol. The number of thiazole rings is 1. The van der Waals surface area contributed by atoms with Gasteiger partial charge in [0.05, 0.1) is 34.9 Å². The Bertz CT molecular complexity index is 1450. The third kappa shape index (κ3) is 5.10. The average molecular weight is 528 g/mol. The molecule has 180 valence electrons. The van der Waals surface area contributed by atoms with Gasteiger partial charge in [-0.05, 0) is 48.0 Å². The number of anilines is 1. The number of halogens is 1. The number of benzene rings is 3. The van der Waals surface area contributed by atoms with Gasteiger partial charge in [0.1, 0.15) is 0 Å². The summed E-state index contributed by atoms with van der Waals surface area (Å²) in [5.41, 5.74) is 2.08. The van der Waals surface area contributed by atoms with Gasteiger partial charge in [-0.1, -0.05) is 53.3 Å². The van der Waals surface area contributed by atoms with Crippen LogP contribution in [0.1, 0.15) is 15.9 Å². The van der Waals surface area contributed by atoms with Crippen molar-refractivity contribution in [1.29, 1.82) is 0 Å². The van der Waals surface area contributed by atoms with Crippen molar-refractivity contribution in [2.24, 2.45) is 0 Å².